The number of alkyl halides is 3. The zero-order chi connectivity index (χ0) is 24.6. The van der Waals surface area contributed by atoms with Gasteiger partial charge < -0.3 is 14.2 Å². The lowest BCUT2D eigenvalue weighted by Crippen LogP contribution is -2.44. The van der Waals surface area contributed by atoms with Crippen LogP contribution in [0.1, 0.15) is 42.0 Å². The molecule has 0 aliphatic carbocycles. The molecule has 3 unspecified atom stereocenters. The maximum atomic E-state index is 14.0. The minimum Gasteiger partial charge on any atom is -0.472 e. The van der Waals surface area contributed by atoms with E-state index in [0.29, 0.717) is 25.0 Å². The average Bonchev–Trinajstić information content (AvgIpc) is 3.38. The Kier molecular flexibility index (Phi) is 6.28. The molecule has 11 heteroatoms. The predicted octanol–water partition coefficient (Wildman–Crippen LogP) is 4.92. The van der Waals surface area contributed by atoms with Crippen LogP contribution < -0.4 is 4.74 Å². The van der Waals surface area contributed by atoms with Crippen LogP contribution in [0, 0.1) is 18.7 Å². The molecule has 3 aromatic rings. The van der Waals surface area contributed by atoms with E-state index in [2.05, 4.69) is 15.1 Å². The van der Waals surface area contributed by atoms with Gasteiger partial charge in [-0.2, -0.15) is 18.2 Å². The van der Waals surface area contributed by atoms with Crippen LogP contribution in [-0.2, 0) is 6.18 Å². The van der Waals surface area contributed by atoms with Crippen molar-refractivity contribution >= 4 is 5.91 Å². The second-order valence-corrected chi connectivity index (χ2v) is 8.41. The number of halogens is 4. The van der Waals surface area contributed by atoms with Gasteiger partial charge in [0.1, 0.15) is 11.9 Å². The molecular formula is C23H22F4N4O3. The molecule has 0 radical (unpaired) electrons. The Hall–Kier alpha value is -3.50. The first-order valence-electron chi connectivity index (χ1n) is 10.6. The van der Waals surface area contributed by atoms with E-state index in [4.69, 9.17) is 9.26 Å². The molecule has 3 atom stereocenters. The van der Waals surface area contributed by atoms with Gasteiger partial charge in [-0.1, -0.05) is 12.1 Å². The van der Waals surface area contributed by atoms with Gasteiger partial charge in [-0.25, -0.2) is 9.37 Å². The summed E-state index contributed by atoms with van der Waals surface area (Å²) < 4.78 is 63.3. The largest absolute Gasteiger partial charge is 0.472 e. The van der Waals surface area contributed by atoms with Crippen LogP contribution in [0.4, 0.5) is 17.6 Å². The highest BCUT2D eigenvalue weighted by Gasteiger charge is 2.39. The number of rotatable bonds is 5. The first-order valence-corrected chi connectivity index (χ1v) is 10.6. The van der Waals surface area contributed by atoms with Gasteiger partial charge in [0, 0.05) is 18.8 Å². The van der Waals surface area contributed by atoms with Crippen molar-refractivity contribution in [3.05, 3.63) is 59.3 Å². The molecule has 4 rings (SSSR count). The van der Waals surface area contributed by atoms with Crippen molar-refractivity contribution in [2.75, 3.05) is 6.54 Å². The van der Waals surface area contributed by atoms with E-state index in [9.17, 15) is 22.4 Å². The van der Waals surface area contributed by atoms with Gasteiger partial charge in [-0.15, -0.1) is 0 Å². The summed E-state index contributed by atoms with van der Waals surface area (Å²) in [6.45, 7) is 5.75. The van der Waals surface area contributed by atoms with Crippen LogP contribution in [0.5, 0.6) is 5.88 Å². The van der Waals surface area contributed by atoms with Crippen molar-refractivity contribution in [2.24, 2.45) is 5.92 Å². The minimum atomic E-state index is -4.50. The number of hydrogen-bond acceptors (Lipinski definition) is 6. The average molecular weight is 478 g/mol. The number of ether oxygens (including phenoxy) is 1. The summed E-state index contributed by atoms with van der Waals surface area (Å²) in [5.74, 6) is -0.375. The van der Waals surface area contributed by atoms with Gasteiger partial charge in [-0.05, 0) is 50.5 Å². The molecule has 2 aromatic heterocycles. The molecular weight excluding hydrogens is 456 g/mol. The molecule has 0 saturated carbocycles. The highest BCUT2D eigenvalue weighted by atomic mass is 19.4. The van der Waals surface area contributed by atoms with E-state index >= 15 is 0 Å². The highest BCUT2D eigenvalue weighted by molar-refractivity contribution is 6.00. The normalized spacial score (nSPS) is 19.3. The van der Waals surface area contributed by atoms with Crippen molar-refractivity contribution in [3.63, 3.8) is 0 Å². The number of carbonyl (C=O) groups excluding carboxylic acids is 1. The first kappa shape index (κ1) is 23.7. The number of likely N-dealkylation sites (tertiary alicyclic amines) is 1. The van der Waals surface area contributed by atoms with Crippen LogP contribution in [0.15, 0.2) is 41.1 Å². The molecule has 0 bridgehead atoms. The molecule has 34 heavy (non-hydrogen) atoms. The Labute approximate surface area is 192 Å². The zero-order valence-electron chi connectivity index (χ0n) is 18.6. The summed E-state index contributed by atoms with van der Waals surface area (Å²) in [6.07, 6.45) is -3.73. The van der Waals surface area contributed by atoms with Crippen molar-refractivity contribution < 1.29 is 31.6 Å². The van der Waals surface area contributed by atoms with E-state index in [1.807, 2.05) is 6.92 Å². The van der Waals surface area contributed by atoms with Crippen LogP contribution >= 0.6 is 0 Å². The van der Waals surface area contributed by atoms with Crippen molar-refractivity contribution in [3.8, 4) is 17.3 Å². The summed E-state index contributed by atoms with van der Waals surface area (Å²) in [5.41, 5.74) is -0.496. The lowest BCUT2D eigenvalue weighted by Gasteiger charge is -2.30. The first-order chi connectivity index (χ1) is 16.0. The molecule has 180 valence electrons. The topological polar surface area (TPSA) is 81.4 Å². The highest BCUT2D eigenvalue weighted by Crippen LogP contribution is 2.33. The third kappa shape index (κ3) is 4.87. The Bertz CT molecular complexity index is 1180. The van der Waals surface area contributed by atoms with Gasteiger partial charge in [0.05, 0.1) is 22.7 Å². The molecule has 1 fully saturated rings. The fourth-order valence-corrected chi connectivity index (χ4v) is 4.09. The Balaban J connectivity index is 1.57. The van der Waals surface area contributed by atoms with Gasteiger partial charge >= 0.3 is 6.18 Å². The summed E-state index contributed by atoms with van der Waals surface area (Å²) >= 11 is 0. The molecule has 1 aromatic carbocycles. The van der Waals surface area contributed by atoms with Gasteiger partial charge in [0.25, 0.3) is 11.8 Å². The van der Waals surface area contributed by atoms with E-state index in [1.165, 1.54) is 18.2 Å². The van der Waals surface area contributed by atoms with E-state index in [0.717, 1.165) is 12.1 Å². The monoisotopic (exact) mass is 478 g/mol. The van der Waals surface area contributed by atoms with Crippen LogP contribution in [-0.4, -0.2) is 44.6 Å². The summed E-state index contributed by atoms with van der Waals surface area (Å²) in [4.78, 5) is 23.0. The van der Waals surface area contributed by atoms with Gasteiger partial charge in [0.15, 0.2) is 5.82 Å². The van der Waals surface area contributed by atoms with Crippen LogP contribution in [0.3, 0.4) is 0 Å². The lowest BCUT2D eigenvalue weighted by molar-refractivity contribution is -0.137. The van der Waals surface area contributed by atoms with Crippen LogP contribution in [0.2, 0.25) is 0 Å². The smallest absolute Gasteiger partial charge is 0.417 e. The SMILES string of the molecule is Cc1noc(-c2cc(F)ccc2C(=O)N2CC(C)CC2C(C)Oc2ccc(C(F)(F)F)cn2)n1. The second-order valence-electron chi connectivity index (χ2n) is 8.41. The fourth-order valence-electron chi connectivity index (χ4n) is 4.09. The molecule has 1 aliphatic rings. The minimum absolute atomic E-state index is 0.0243. The summed E-state index contributed by atoms with van der Waals surface area (Å²) in [5, 5.41) is 3.71. The predicted molar refractivity (Wildman–Crippen MR) is 112 cm³/mol. The van der Waals surface area contributed by atoms with E-state index in [1.54, 1.807) is 18.7 Å². The van der Waals surface area contributed by atoms with E-state index < -0.39 is 23.7 Å². The van der Waals surface area contributed by atoms with E-state index in [-0.39, 0.29) is 40.8 Å². The molecule has 3 heterocycles. The third-order valence-corrected chi connectivity index (χ3v) is 5.70. The Morgan fingerprint density at radius 2 is 2.03 bits per heavy atom. The Morgan fingerprint density at radius 1 is 1.26 bits per heavy atom. The molecule has 0 N–H and O–H groups in total. The number of pyridine rings is 1. The van der Waals surface area contributed by atoms with Gasteiger partial charge in [0.2, 0.25) is 5.88 Å². The van der Waals surface area contributed by atoms with Crippen molar-refractivity contribution in [2.45, 2.75) is 45.5 Å². The molecule has 1 saturated heterocycles. The number of nitrogens with zero attached hydrogens (tertiary/aromatic N) is 4. The number of aryl methyl sites for hydroxylation is 1. The number of carbonyl (C=O) groups is 1. The number of benzene rings is 1. The van der Waals surface area contributed by atoms with Crippen LogP contribution in [0.25, 0.3) is 11.5 Å². The third-order valence-electron chi connectivity index (χ3n) is 5.70. The fraction of sp³-hybridized carbons (Fsp3) is 0.391. The number of hydrogen-bond donors (Lipinski definition) is 0. The molecule has 1 amide bonds. The summed E-state index contributed by atoms with van der Waals surface area (Å²) in [7, 11) is 0. The zero-order valence-corrected chi connectivity index (χ0v) is 18.6. The lowest BCUT2D eigenvalue weighted by atomic mass is 10.0. The second kappa shape index (κ2) is 9.03. The standard InChI is InChI=1S/C23H22F4N4O3/c1-12-8-19(13(2)33-20-7-4-15(10-28-20)23(25,26)27)31(11-12)22(32)17-6-5-16(24)9-18(17)21-29-14(3)30-34-21/h4-7,9-10,12-13,19H,8,11H2,1-3H3. The quantitative estimate of drug-likeness (QED) is 0.485. The maximum Gasteiger partial charge on any atom is 0.417 e. The van der Waals surface area contributed by atoms with Crippen molar-refractivity contribution in [1.82, 2.24) is 20.0 Å². The van der Waals surface area contributed by atoms with Crippen molar-refractivity contribution in [1.29, 1.82) is 0 Å². The number of amides is 1. The number of aromatic nitrogens is 3. The molecule has 1 aliphatic heterocycles. The maximum absolute atomic E-state index is 14.0. The Morgan fingerprint density at radius 3 is 2.65 bits per heavy atom. The molecule has 7 nitrogen and oxygen atoms in total. The molecule has 0 spiro atoms. The van der Waals surface area contributed by atoms with Gasteiger partial charge in [-0.3, -0.25) is 4.79 Å². The summed E-state index contributed by atoms with van der Waals surface area (Å²) in [6, 6.07) is 5.39.